The SMILES string of the molecule is O=C(NC1(C(=O)N2C[C@H](O)C[C@@H]2C(=O)O)CCN(Cc2ccccc2)CC1)OCC1c2ccccc2-c2ccccc21. The van der Waals surface area contributed by atoms with Crippen molar-refractivity contribution in [3.63, 3.8) is 0 Å². The van der Waals surface area contributed by atoms with E-state index in [4.69, 9.17) is 4.74 Å². The zero-order valence-electron chi connectivity index (χ0n) is 23.3. The van der Waals surface area contributed by atoms with Crippen molar-refractivity contribution in [2.24, 2.45) is 0 Å². The second-order valence-electron chi connectivity index (χ2n) is 11.5. The van der Waals surface area contributed by atoms with Crippen LogP contribution in [-0.4, -0.2) is 81.9 Å². The summed E-state index contributed by atoms with van der Waals surface area (Å²) >= 11 is 0. The molecular weight excluding hydrogens is 534 g/mol. The van der Waals surface area contributed by atoms with E-state index < -0.39 is 35.7 Å². The number of nitrogens with one attached hydrogen (secondary N) is 1. The summed E-state index contributed by atoms with van der Waals surface area (Å²) in [5.74, 6) is -1.79. The minimum Gasteiger partial charge on any atom is -0.480 e. The number of fused-ring (bicyclic) bond motifs is 3. The number of nitrogens with zero attached hydrogens (tertiary/aromatic N) is 2. The standard InChI is InChI=1S/C33H35N3O6/c37-23-18-29(30(38)39)36(20-23)31(40)33(14-16-35(17-15-33)19-22-8-2-1-3-9-22)34-32(41)42-21-28-26-12-6-4-10-24(26)25-11-5-7-13-27(25)28/h1-13,23,28-29,37H,14-21H2,(H,34,41)(H,38,39)/t23-,29-/m1/s1. The summed E-state index contributed by atoms with van der Waals surface area (Å²) in [6.45, 7) is 1.77. The average molecular weight is 570 g/mol. The van der Waals surface area contributed by atoms with E-state index in [-0.39, 0.29) is 25.5 Å². The van der Waals surface area contributed by atoms with Gasteiger partial charge in [0, 0.05) is 38.5 Å². The van der Waals surface area contributed by atoms with Gasteiger partial charge in [0.15, 0.2) is 0 Å². The van der Waals surface area contributed by atoms with Gasteiger partial charge >= 0.3 is 12.1 Å². The summed E-state index contributed by atoms with van der Waals surface area (Å²) in [7, 11) is 0. The number of β-amino-alcohol motifs (C(OH)–C–C–N with tert-alkyl or cyclic N) is 1. The Hall–Kier alpha value is -4.21. The number of hydrogen-bond acceptors (Lipinski definition) is 6. The second kappa shape index (κ2) is 11.6. The minimum atomic E-state index is -1.34. The quantitative estimate of drug-likeness (QED) is 0.398. The Morgan fingerprint density at radius 1 is 0.881 bits per heavy atom. The fraction of sp³-hybridized carbons (Fsp3) is 0.364. The van der Waals surface area contributed by atoms with Crippen molar-refractivity contribution in [2.45, 2.75) is 49.4 Å². The Kier molecular flexibility index (Phi) is 7.70. The third kappa shape index (κ3) is 5.37. The predicted octanol–water partition coefficient (Wildman–Crippen LogP) is 3.61. The summed E-state index contributed by atoms with van der Waals surface area (Å²) in [4.78, 5) is 42.8. The molecular formula is C33H35N3O6. The Bertz CT molecular complexity index is 1420. The molecule has 42 heavy (non-hydrogen) atoms. The lowest BCUT2D eigenvalue weighted by Gasteiger charge is -2.43. The number of carbonyl (C=O) groups excluding carboxylic acids is 2. The molecule has 1 aliphatic carbocycles. The number of aliphatic hydroxyl groups excluding tert-OH is 1. The monoisotopic (exact) mass is 569 g/mol. The molecule has 0 spiro atoms. The Morgan fingerprint density at radius 2 is 1.48 bits per heavy atom. The largest absolute Gasteiger partial charge is 0.480 e. The molecule has 2 heterocycles. The van der Waals surface area contributed by atoms with Gasteiger partial charge in [0.2, 0.25) is 5.91 Å². The maximum absolute atomic E-state index is 14.0. The number of alkyl carbamates (subject to hydrolysis) is 1. The first kappa shape index (κ1) is 27.9. The van der Waals surface area contributed by atoms with Gasteiger partial charge in [-0.05, 0) is 40.7 Å². The van der Waals surface area contributed by atoms with Gasteiger partial charge in [0.25, 0.3) is 0 Å². The highest BCUT2D eigenvalue weighted by atomic mass is 16.5. The van der Waals surface area contributed by atoms with E-state index in [0.29, 0.717) is 32.5 Å². The van der Waals surface area contributed by atoms with E-state index in [2.05, 4.69) is 22.3 Å². The Balaban J connectivity index is 1.19. The summed E-state index contributed by atoms with van der Waals surface area (Å²) < 4.78 is 5.80. The minimum absolute atomic E-state index is 0.0395. The summed E-state index contributed by atoms with van der Waals surface area (Å²) in [5, 5.41) is 22.9. The maximum Gasteiger partial charge on any atom is 0.408 e. The lowest BCUT2D eigenvalue weighted by molar-refractivity contribution is -0.152. The molecule has 0 saturated carbocycles. The molecule has 218 valence electrons. The molecule has 3 aromatic rings. The fourth-order valence-corrected chi connectivity index (χ4v) is 6.70. The Labute approximate surface area is 244 Å². The number of likely N-dealkylation sites (tertiary alicyclic amines) is 2. The molecule has 6 rings (SSSR count). The third-order valence-corrected chi connectivity index (χ3v) is 8.88. The zero-order valence-corrected chi connectivity index (χ0v) is 23.3. The van der Waals surface area contributed by atoms with Crippen molar-refractivity contribution in [1.82, 2.24) is 15.1 Å². The van der Waals surface area contributed by atoms with Gasteiger partial charge in [0.05, 0.1) is 6.10 Å². The molecule has 2 saturated heterocycles. The first-order valence-electron chi connectivity index (χ1n) is 14.5. The number of ether oxygens (including phenoxy) is 1. The van der Waals surface area contributed by atoms with Crippen LogP contribution >= 0.6 is 0 Å². The molecule has 2 fully saturated rings. The number of carboxylic acids is 1. The number of carboxylic acid groups (broad SMARTS) is 1. The summed E-state index contributed by atoms with van der Waals surface area (Å²) in [6.07, 6.45) is -1.10. The molecule has 2 aliphatic heterocycles. The van der Waals surface area contributed by atoms with Gasteiger partial charge < -0.3 is 25.2 Å². The van der Waals surface area contributed by atoms with E-state index in [0.717, 1.165) is 27.8 Å². The molecule has 3 N–H and O–H groups in total. The van der Waals surface area contributed by atoms with Crippen molar-refractivity contribution < 1.29 is 29.3 Å². The van der Waals surface area contributed by atoms with E-state index in [1.165, 1.54) is 4.90 Å². The molecule has 0 radical (unpaired) electrons. The van der Waals surface area contributed by atoms with E-state index in [9.17, 15) is 24.6 Å². The number of hydrogen-bond donors (Lipinski definition) is 3. The number of aliphatic hydroxyl groups is 1. The van der Waals surface area contributed by atoms with Crippen molar-refractivity contribution >= 4 is 18.0 Å². The zero-order chi connectivity index (χ0) is 29.3. The smallest absolute Gasteiger partial charge is 0.408 e. The van der Waals surface area contributed by atoms with Crippen molar-refractivity contribution in [1.29, 1.82) is 0 Å². The highest BCUT2D eigenvalue weighted by Gasteiger charge is 2.50. The molecule has 9 nitrogen and oxygen atoms in total. The first-order chi connectivity index (χ1) is 20.3. The van der Waals surface area contributed by atoms with Crippen LogP contribution in [-0.2, 0) is 20.9 Å². The summed E-state index contributed by atoms with van der Waals surface area (Å²) in [6, 6.07) is 25.0. The third-order valence-electron chi connectivity index (χ3n) is 8.88. The molecule has 3 aliphatic rings. The fourth-order valence-electron chi connectivity index (χ4n) is 6.70. The number of amides is 2. The highest BCUT2D eigenvalue weighted by Crippen LogP contribution is 2.44. The molecule has 2 atom stereocenters. The van der Waals surface area contributed by atoms with E-state index >= 15 is 0 Å². The van der Waals surface area contributed by atoms with Gasteiger partial charge in [-0.25, -0.2) is 9.59 Å². The number of carbonyl (C=O) groups is 3. The highest BCUT2D eigenvalue weighted by molar-refractivity contribution is 5.93. The first-order valence-corrected chi connectivity index (χ1v) is 14.5. The number of piperidine rings is 1. The second-order valence-corrected chi connectivity index (χ2v) is 11.5. The molecule has 9 heteroatoms. The summed E-state index contributed by atoms with van der Waals surface area (Å²) in [5.41, 5.74) is 4.21. The molecule has 0 unspecified atom stereocenters. The number of benzene rings is 3. The van der Waals surface area contributed by atoms with Gasteiger partial charge in [-0.15, -0.1) is 0 Å². The normalized spacial score (nSPS) is 21.4. The lowest BCUT2D eigenvalue weighted by Crippen LogP contribution is -2.65. The van der Waals surface area contributed by atoms with Gasteiger partial charge in [-0.2, -0.15) is 0 Å². The average Bonchev–Trinajstić information content (AvgIpc) is 3.55. The number of rotatable bonds is 7. The van der Waals surface area contributed by atoms with Crippen LogP contribution in [0.15, 0.2) is 78.9 Å². The van der Waals surface area contributed by atoms with Crippen molar-refractivity contribution in [2.75, 3.05) is 26.2 Å². The van der Waals surface area contributed by atoms with Crippen LogP contribution in [0.4, 0.5) is 4.79 Å². The van der Waals surface area contributed by atoms with Crippen LogP contribution in [0.5, 0.6) is 0 Å². The number of aliphatic carboxylic acids is 1. The van der Waals surface area contributed by atoms with E-state index in [1.54, 1.807) is 0 Å². The topological polar surface area (TPSA) is 119 Å². The predicted molar refractivity (Wildman–Crippen MR) is 156 cm³/mol. The molecule has 3 aromatic carbocycles. The maximum atomic E-state index is 14.0. The lowest BCUT2D eigenvalue weighted by atomic mass is 9.85. The molecule has 0 aromatic heterocycles. The van der Waals surface area contributed by atoms with Crippen molar-refractivity contribution in [3.05, 3.63) is 95.6 Å². The van der Waals surface area contributed by atoms with Gasteiger partial charge in [-0.3, -0.25) is 9.69 Å². The Morgan fingerprint density at radius 3 is 2.10 bits per heavy atom. The van der Waals surface area contributed by atoms with Crippen LogP contribution in [0.25, 0.3) is 11.1 Å². The van der Waals surface area contributed by atoms with Crippen LogP contribution in [0, 0.1) is 0 Å². The van der Waals surface area contributed by atoms with E-state index in [1.807, 2.05) is 66.7 Å². The van der Waals surface area contributed by atoms with Crippen LogP contribution in [0.1, 0.15) is 41.9 Å². The molecule has 0 bridgehead atoms. The van der Waals surface area contributed by atoms with Crippen molar-refractivity contribution in [3.8, 4) is 11.1 Å². The van der Waals surface area contributed by atoms with Crippen LogP contribution < -0.4 is 5.32 Å². The van der Waals surface area contributed by atoms with Crippen LogP contribution in [0.2, 0.25) is 0 Å². The van der Waals surface area contributed by atoms with Gasteiger partial charge in [-0.1, -0.05) is 78.9 Å². The van der Waals surface area contributed by atoms with Gasteiger partial charge in [0.1, 0.15) is 18.2 Å². The molecule has 2 amide bonds. The van der Waals surface area contributed by atoms with Crippen LogP contribution in [0.3, 0.4) is 0 Å².